The Kier molecular flexibility index (Phi) is 18.2. The summed E-state index contributed by atoms with van der Waals surface area (Å²) in [6.45, 7) is 11.6. The molecule has 18 nitrogen and oxygen atoms in total. The lowest BCUT2D eigenvalue weighted by Gasteiger charge is -2.28. The topological polar surface area (TPSA) is 231 Å². The number of nitrogen functional groups attached to an aromatic ring is 1. The number of H-pyrrole nitrogens is 2. The van der Waals surface area contributed by atoms with Gasteiger partial charge < -0.3 is 50.0 Å². The number of aromatic nitrogens is 8. The average Bonchev–Trinajstić information content (AvgIpc) is 3.90. The lowest BCUT2D eigenvalue weighted by atomic mass is 10.2. The number of hydrogen-bond acceptors (Lipinski definition) is 18. The Morgan fingerprint density at radius 1 is 0.712 bits per heavy atom. The normalized spacial score (nSPS) is 13.7. The van der Waals surface area contributed by atoms with Crippen molar-refractivity contribution in [1.29, 1.82) is 0 Å². The minimum atomic E-state index is -0.125. The number of rotatable bonds is 11. The zero-order chi connectivity index (χ0) is 42.0. The Morgan fingerprint density at radius 3 is 1.63 bits per heavy atom. The van der Waals surface area contributed by atoms with Gasteiger partial charge in [0, 0.05) is 48.9 Å². The molecule has 0 aliphatic carbocycles. The maximum atomic E-state index is 7.62. The Labute approximate surface area is 355 Å². The highest BCUT2D eigenvalue weighted by Gasteiger charge is 2.18. The number of nitrogens with two attached hydrogens (primary N) is 1. The highest BCUT2D eigenvalue weighted by molar-refractivity contribution is 7.99. The van der Waals surface area contributed by atoms with Crippen molar-refractivity contribution >= 4 is 85.9 Å². The predicted molar refractivity (Wildman–Crippen MR) is 235 cm³/mol. The van der Waals surface area contributed by atoms with Gasteiger partial charge in [0.2, 0.25) is 23.0 Å². The number of morpholine rings is 2. The van der Waals surface area contributed by atoms with E-state index in [0.717, 1.165) is 84.8 Å². The van der Waals surface area contributed by atoms with Crippen LogP contribution in [0, 0.1) is 0 Å². The molecule has 0 bridgehead atoms. The average molecular weight is 871 g/mol. The summed E-state index contributed by atoms with van der Waals surface area (Å²) in [6.07, 6.45) is 3.90. The van der Waals surface area contributed by atoms with Crippen molar-refractivity contribution in [3.05, 3.63) is 53.8 Å². The number of aliphatic hydroxyl groups excluding tert-OH is 2. The van der Waals surface area contributed by atoms with E-state index in [0.29, 0.717) is 42.2 Å². The third-order valence-corrected chi connectivity index (χ3v) is 10.0. The standard InChI is InChI=1S/C18H22N6O2S.C10H14N2O.C8H9ClN4OS.C2H6O2/c1-3-26-16-14-15(22-23-17(14)27-2)20-18(21-16)19-12-4-6-13(7-5-12)24-8-10-25-11-9-24;11-9-1-3-10(4-2-9)12-5-7-13-8-6-12;1-3-14-6-4-5(10-8(9)11-6)12-13-7(4)15-2;3-1-2-4/h4-7H,3,8-11H2,1-2H3,(H2,19,20,21,22,23);1-4H,5-8,11H2;3H2,1-2H3,(H,10,11,12,13);3-4H,1-2H2. The van der Waals surface area contributed by atoms with Crippen LogP contribution in [-0.2, 0) is 9.47 Å². The molecule has 2 fully saturated rings. The Bertz CT molecular complexity index is 2150. The van der Waals surface area contributed by atoms with Crippen LogP contribution in [-0.4, -0.2) is 142 Å². The molecule has 59 heavy (non-hydrogen) atoms. The summed E-state index contributed by atoms with van der Waals surface area (Å²) in [5.74, 6) is 1.49. The number of hydrogen-bond donors (Lipinski definition) is 6. The van der Waals surface area contributed by atoms with E-state index in [1.807, 2.05) is 50.6 Å². The Morgan fingerprint density at radius 2 is 1.17 bits per heavy atom. The molecule has 0 radical (unpaired) electrons. The van der Waals surface area contributed by atoms with Crippen LogP contribution in [0.3, 0.4) is 0 Å². The lowest BCUT2D eigenvalue weighted by Crippen LogP contribution is -2.36. The zero-order valence-corrected chi connectivity index (χ0v) is 35.9. The zero-order valence-electron chi connectivity index (χ0n) is 33.5. The second kappa shape index (κ2) is 23.7. The third-order valence-electron chi connectivity index (χ3n) is 8.50. The Balaban J connectivity index is 0.000000174. The van der Waals surface area contributed by atoms with E-state index in [4.69, 9.17) is 46.5 Å². The summed E-state index contributed by atoms with van der Waals surface area (Å²) in [4.78, 5) is 21.8. The maximum absolute atomic E-state index is 7.62. The van der Waals surface area contributed by atoms with Gasteiger partial charge in [-0.3, -0.25) is 10.2 Å². The molecule has 0 atom stereocenters. The van der Waals surface area contributed by atoms with Crippen molar-refractivity contribution < 1.29 is 29.2 Å². The molecule has 2 aromatic carbocycles. The first-order valence-electron chi connectivity index (χ1n) is 18.9. The van der Waals surface area contributed by atoms with Crippen LogP contribution < -0.4 is 30.3 Å². The first kappa shape index (κ1) is 45.3. The number of aliphatic hydroxyl groups is 2. The molecule has 0 amide bonds. The summed E-state index contributed by atoms with van der Waals surface area (Å²) in [7, 11) is 0. The number of nitrogens with one attached hydrogen (secondary N) is 3. The summed E-state index contributed by atoms with van der Waals surface area (Å²) in [6, 6.07) is 16.2. The van der Waals surface area contributed by atoms with E-state index < -0.39 is 0 Å². The van der Waals surface area contributed by atoms with Gasteiger partial charge in [-0.05, 0) is 86.5 Å². The maximum Gasteiger partial charge on any atom is 0.232 e. The molecular formula is C38H51ClN12O6S2. The van der Waals surface area contributed by atoms with Crippen LogP contribution in [0.5, 0.6) is 11.8 Å². The van der Waals surface area contributed by atoms with Crippen LogP contribution in [0.15, 0.2) is 58.6 Å². The quantitative estimate of drug-likeness (QED) is 0.0554. The molecule has 0 saturated carbocycles. The van der Waals surface area contributed by atoms with E-state index in [-0.39, 0.29) is 18.5 Å². The van der Waals surface area contributed by atoms with Crippen molar-refractivity contribution in [3.8, 4) is 11.8 Å². The number of nitrogens with zero attached hydrogens (tertiary/aromatic N) is 8. The van der Waals surface area contributed by atoms with Crippen molar-refractivity contribution in [2.24, 2.45) is 0 Å². The molecule has 21 heteroatoms. The molecule has 6 heterocycles. The molecule has 8 rings (SSSR count). The number of anilines is 5. The van der Waals surface area contributed by atoms with Crippen LogP contribution in [0.1, 0.15) is 13.8 Å². The monoisotopic (exact) mass is 870 g/mol. The molecular weight excluding hydrogens is 820 g/mol. The first-order valence-corrected chi connectivity index (χ1v) is 21.8. The van der Waals surface area contributed by atoms with Crippen LogP contribution in [0.4, 0.5) is 28.7 Å². The summed E-state index contributed by atoms with van der Waals surface area (Å²) in [5, 5.41) is 36.0. The summed E-state index contributed by atoms with van der Waals surface area (Å²) in [5.41, 5.74) is 11.0. The van der Waals surface area contributed by atoms with Gasteiger partial charge in [0.05, 0.1) is 52.9 Å². The van der Waals surface area contributed by atoms with E-state index in [9.17, 15) is 0 Å². The molecule has 318 valence electrons. The van der Waals surface area contributed by atoms with E-state index in [1.165, 1.54) is 34.9 Å². The van der Waals surface area contributed by atoms with Crippen molar-refractivity contribution in [2.75, 3.05) is 112 Å². The fourth-order valence-corrected chi connectivity index (χ4v) is 6.98. The van der Waals surface area contributed by atoms with Crippen LogP contribution in [0.2, 0.25) is 5.28 Å². The molecule has 4 aromatic heterocycles. The first-order chi connectivity index (χ1) is 28.8. The van der Waals surface area contributed by atoms with Gasteiger partial charge in [-0.15, -0.1) is 23.5 Å². The highest BCUT2D eigenvalue weighted by atomic mass is 35.5. The fourth-order valence-electron chi connectivity index (χ4n) is 5.77. The smallest absolute Gasteiger partial charge is 0.232 e. The SMILES string of the molecule is CCOc1nc(Cl)nc2[nH]nc(SC)c12.CCOc1nc(Nc2ccc(N3CCOCC3)cc2)nc2[nH]nc(SC)c12.Nc1ccc(N2CCOCC2)cc1.OCCO. The molecule has 2 saturated heterocycles. The number of halogens is 1. The molecule has 2 aliphatic rings. The van der Waals surface area contributed by atoms with E-state index >= 15 is 0 Å². The second-order valence-electron chi connectivity index (χ2n) is 12.3. The fraction of sp³-hybridized carbons (Fsp3) is 0.421. The van der Waals surface area contributed by atoms with Gasteiger partial charge in [-0.25, -0.2) is 0 Å². The number of fused-ring (bicyclic) bond motifs is 2. The van der Waals surface area contributed by atoms with E-state index in [1.54, 1.807) is 0 Å². The van der Waals surface area contributed by atoms with E-state index in [2.05, 4.69) is 79.7 Å². The molecule has 6 aromatic rings. The van der Waals surface area contributed by atoms with Gasteiger partial charge in [-0.2, -0.15) is 30.1 Å². The Hall–Kier alpha value is -4.83. The van der Waals surface area contributed by atoms with Crippen molar-refractivity contribution in [3.63, 3.8) is 0 Å². The molecule has 0 spiro atoms. The minimum Gasteiger partial charge on any atom is -0.477 e. The number of aromatic amines is 2. The summed E-state index contributed by atoms with van der Waals surface area (Å²) >= 11 is 8.79. The number of thioether (sulfide) groups is 2. The van der Waals surface area contributed by atoms with Gasteiger partial charge in [0.25, 0.3) is 0 Å². The van der Waals surface area contributed by atoms with Crippen LogP contribution >= 0.6 is 35.1 Å². The third kappa shape index (κ3) is 12.8. The van der Waals surface area contributed by atoms with Crippen molar-refractivity contribution in [2.45, 2.75) is 23.9 Å². The highest BCUT2D eigenvalue weighted by Crippen LogP contribution is 2.32. The largest absolute Gasteiger partial charge is 0.477 e. The summed E-state index contributed by atoms with van der Waals surface area (Å²) < 4.78 is 21.8. The molecule has 0 unspecified atom stereocenters. The van der Waals surface area contributed by atoms with Gasteiger partial charge in [-0.1, -0.05) is 0 Å². The van der Waals surface area contributed by atoms with Gasteiger partial charge in [0.1, 0.15) is 20.8 Å². The molecule has 7 N–H and O–H groups in total. The minimum absolute atomic E-state index is 0.125. The van der Waals surface area contributed by atoms with Gasteiger partial charge >= 0.3 is 0 Å². The van der Waals surface area contributed by atoms with Gasteiger partial charge in [0.15, 0.2) is 11.3 Å². The number of ether oxygens (including phenoxy) is 4. The number of benzene rings is 2. The van der Waals surface area contributed by atoms with Crippen LogP contribution in [0.25, 0.3) is 22.1 Å². The lowest BCUT2D eigenvalue weighted by molar-refractivity contribution is 0.122. The second-order valence-corrected chi connectivity index (χ2v) is 14.3. The predicted octanol–water partition coefficient (Wildman–Crippen LogP) is 5.26. The molecule has 2 aliphatic heterocycles. The van der Waals surface area contributed by atoms with Crippen molar-refractivity contribution in [1.82, 2.24) is 40.3 Å².